The molecule has 0 aliphatic carbocycles. The van der Waals surface area contributed by atoms with Gasteiger partial charge in [-0.05, 0) is 24.1 Å². The van der Waals surface area contributed by atoms with Gasteiger partial charge in [0.15, 0.2) is 0 Å². The molecule has 0 unspecified atom stereocenters. The first-order valence-electron chi connectivity index (χ1n) is 6.48. The summed E-state index contributed by atoms with van der Waals surface area (Å²) in [6.45, 7) is 0. The highest BCUT2D eigenvalue weighted by Crippen LogP contribution is 2.12. The number of para-hydroxylation sites is 1. The van der Waals surface area contributed by atoms with Crippen LogP contribution in [0.5, 0.6) is 0 Å². The first-order chi connectivity index (χ1) is 10.1. The van der Waals surface area contributed by atoms with Gasteiger partial charge in [-0.15, -0.1) is 0 Å². The van der Waals surface area contributed by atoms with Crippen LogP contribution in [0.15, 0.2) is 54.6 Å². The summed E-state index contributed by atoms with van der Waals surface area (Å²) in [5.74, 6) is -1.56. The van der Waals surface area contributed by atoms with Crippen molar-refractivity contribution in [3.63, 3.8) is 0 Å². The van der Waals surface area contributed by atoms with Gasteiger partial charge in [-0.25, -0.2) is 9.59 Å². The van der Waals surface area contributed by atoms with Crippen molar-refractivity contribution in [2.24, 2.45) is 5.73 Å². The second-order valence-corrected chi connectivity index (χ2v) is 4.59. The number of nitrogens with two attached hydrogens (primary N) is 2. The van der Waals surface area contributed by atoms with E-state index in [9.17, 15) is 9.59 Å². The summed E-state index contributed by atoms with van der Waals surface area (Å²) in [6.07, 6.45) is 0.303. The third-order valence-electron chi connectivity index (χ3n) is 2.98. The number of nitrogen functional groups attached to an aromatic ring is 1. The summed E-state index contributed by atoms with van der Waals surface area (Å²) in [5, 5.41) is 0. The van der Waals surface area contributed by atoms with Crippen molar-refractivity contribution >= 4 is 17.6 Å². The Balaban J connectivity index is 1.98. The average molecular weight is 284 g/mol. The molecule has 0 bridgehead atoms. The number of rotatable bonds is 4. The molecule has 0 radical (unpaired) electrons. The molecule has 21 heavy (non-hydrogen) atoms. The predicted molar refractivity (Wildman–Crippen MR) is 79.4 cm³/mol. The SMILES string of the molecule is Nc1ccccc1C(=O)OC(=O)[C@@H](N)Cc1ccccc1. The minimum Gasteiger partial charge on any atom is -0.398 e. The molecule has 0 fully saturated rings. The molecule has 0 aliphatic rings. The molecule has 0 saturated carbocycles. The standard InChI is InChI=1S/C16H16N2O3/c17-13-9-5-4-8-12(13)15(19)21-16(20)14(18)10-11-6-2-1-3-7-11/h1-9,14H,10,17-18H2/t14-/m0/s1. The van der Waals surface area contributed by atoms with Crippen molar-refractivity contribution in [3.05, 3.63) is 65.7 Å². The smallest absolute Gasteiger partial charge is 0.347 e. The van der Waals surface area contributed by atoms with Crippen molar-refractivity contribution in [2.45, 2.75) is 12.5 Å². The second-order valence-electron chi connectivity index (χ2n) is 4.59. The fourth-order valence-electron chi connectivity index (χ4n) is 1.86. The Labute approximate surface area is 122 Å². The van der Waals surface area contributed by atoms with Crippen LogP contribution in [-0.4, -0.2) is 18.0 Å². The third-order valence-corrected chi connectivity index (χ3v) is 2.98. The van der Waals surface area contributed by atoms with Crippen molar-refractivity contribution in [3.8, 4) is 0 Å². The van der Waals surface area contributed by atoms with Crippen molar-refractivity contribution in [1.82, 2.24) is 0 Å². The first kappa shape index (κ1) is 14.7. The van der Waals surface area contributed by atoms with Gasteiger partial charge < -0.3 is 16.2 Å². The van der Waals surface area contributed by atoms with Crippen LogP contribution < -0.4 is 11.5 Å². The van der Waals surface area contributed by atoms with Gasteiger partial charge in [-0.2, -0.15) is 0 Å². The van der Waals surface area contributed by atoms with E-state index in [-0.39, 0.29) is 11.3 Å². The Morgan fingerprint density at radius 1 is 1.00 bits per heavy atom. The van der Waals surface area contributed by atoms with E-state index < -0.39 is 18.0 Å². The molecule has 4 N–H and O–H groups in total. The summed E-state index contributed by atoms with van der Waals surface area (Å²) >= 11 is 0. The zero-order valence-electron chi connectivity index (χ0n) is 11.4. The third kappa shape index (κ3) is 3.90. The van der Waals surface area contributed by atoms with Crippen LogP contribution in [-0.2, 0) is 16.0 Å². The van der Waals surface area contributed by atoms with Gasteiger partial charge in [0.05, 0.1) is 5.56 Å². The van der Waals surface area contributed by atoms with Crippen molar-refractivity contribution in [1.29, 1.82) is 0 Å². The van der Waals surface area contributed by atoms with E-state index in [4.69, 9.17) is 16.2 Å². The normalized spacial score (nSPS) is 11.7. The molecule has 0 spiro atoms. The van der Waals surface area contributed by atoms with Gasteiger partial charge in [0, 0.05) is 5.69 Å². The van der Waals surface area contributed by atoms with E-state index in [1.54, 1.807) is 18.2 Å². The number of anilines is 1. The summed E-state index contributed by atoms with van der Waals surface area (Å²) in [4.78, 5) is 23.7. The quantitative estimate of drug-likeness (QED) is 0.504. The zero-order valence-corrected chi connectivity index (χ0v) is 11.4. The van der Waals surface area contributed by atoms with Gasteiger partial charge in [0.1, 0.15) is 6.04 Å². The largest absolute Gasteiger partial charge is 0.398 e. The molecule has 2 aromatic carbocycles. The molecule has 108 valence electrons. The van der Waals surface area contributed by atoms with E-state index >= 15 is 0 Å². The van der Waals surface area contributed by atoms with Crippen molar-refractivity contribution < 1.29 is 14.3 Å². The number of carbonyl (C=O) groups excluding carboxylic acids is 2. The molecule has 2 aromatic rings. The minimum atomic E-state index is -0.902. The zero-order chi connectivity index (χ0) is 15.2. The molecule has 5 nitrogen and oxygen atoms in total. The van der Waals surface area contributed by atoms with Gasteiger partial charge in [0.2, 0.25) is 0 Å². The molecule has 0 saturated heterocycles. The highest BCUT2D eigenvalue weighted by molar-refractivity contribution is 6.01. The van der Waals surface area contributed by atoms with Gasteiger partial charge >= 0.3 is 11.9 Å². The fraction of sp³-hybridized carbons (Fsp3) is 0.125. The lowest BCUT2D eigenvalue weighted by atomic mass is 10.1. The molecule has 1 atom stereocenters. The lowest BCUT2D eigenvalue weighted by Gasteiger charge is -2.11. The van der Waals surface area contributed by atoms with Crippen LogP contribution >= 0.6 is 0 Å². The molecule has 0 heterocycles. The maximum absolute atomic E-state index is 11.9. The number of hydrogen-bond acceptors (Lipinski definition) is 5. The molecule has 0 aliphatic heterocycles. The average Bonchev–Trinajstić information content (AvgIpc) is 2.48. The maximum atomic E-state index is 11.9. The molecule has 2 rings (SSSR count). The number of esters is 2. The Kier molecular flexibility index (Phi) is 4.68. The highest BCUT2D eigenvalue weighted by Gasteiger charge is 2.21. The molecule has 0 amide bonds. The summed E-state index contributed by atoms with van der Waals surface area (Å²) in [7, 11) is 0. The van der Waals surface area contributed by atoms with E-state index in [0.717, 1.165) is 5.56 Å². The molecule has 0 aromatic heterocycles. The Morgan fingerprint density at radius 2 is 1.62 bits per heavy atom. The topological polar surface area (TPSA) is 95.4 Å². The molecular weight excluding hydrogens is 268 g/mol. The summed E-state index contributed by atoms with van der Waals surface area (Å²) in [5.41, 5.74) is 12.7. The lowest BCUT2D eigenvalue weighted by Crippen LogP contribution is -2.35. The molecule has 5 heteroatoms. The Hall–Kier alpha value is -2.66. The Bertz CT molecular complexity index is 641. The van der Waals surface area contributed by atoms with Crippen molar-refractivity contribution in [2.75, 3.05) is 5.73 Å². The van der Waals surface area contributed by atoms with E-state index in [0.29, 0.717) is 6.42 Å². The summed E-state index contributed by atoms with van der Waals surface area (Å²) < 4.78 is 4.77. The van der Waals surface area contributed by atoms with E-state index in [1.165, 1.54) is 6.07 Å². The minimum absolute atomic E-state index is 0.151. The van der Waals surface area contributed by atoms with Gasteiger partial charge in [-0.1, -0.05) is 42.5 Å². The van der Waals surface area contributed by atoms with Gasteiger partial charge in [0.25, 0.3) is 0 Å². The van der Waals surface area contributed by atoms with E-state index in [2.05, 4.69) is 0 Å². The monoisotopic (exact) mass is 284 g/mol. The first-order valence-corrected chi connectivity index (χ1v) is 6.48. The fourth-order valence-corrected chi connectivity index (χ4v) is 1.86. The van der Waals surface area contributed by atoms with Crippen LogP contribution in [0.2, 0.25) is 0 Å². The predicted octanol–water partition coefficient (Wildman–Crippen LogP) is 1.52. The Morgan fingerprint density at radius 3 is 2.29 bits per heavy atom. The number of hydrogen-bond donors (Lipinski definition) is 2. The second kappa shape index (κ2) is 6.67. The van der Waals surface area contributed by atoms with Crippen LogP contribution in [0, 0.1) is 0 Å². The van der Waals surface area contributed by atoms with Crippen LogP contribution in [0.3, 0.4) is 0 Å². The van der Waals surface area contributed by atoms with E-state index in [1.807, 2.05) is 30.3 Å². The van der Waals surface area contributed by atoms with Gasteiger partial charge in [-0.3, -0.25) is 0 Å². The number of ether oxygens (including phenoxy) is 1. The summed E-state index contributed by atoms with van der Waals surface area (Å²) in [6, 6.07) is 14.8. The number of benzene rings is 2. The van der Waals surface area contributed by atoms with Crippen LogP contribution in [0.25, 0.3) is 0 Å². The highest BCUT2D eigenvalue weighted by atomic mass is 16.6. The number of carbonyl (C=O) groups is 2. The molecular formula is C16H16N2O3. The van der Waals surface area contributed by atoms with Crippen LogP contribution in [0.1, 0.15) is 15.9 Å². The van der Waals surface area contributed by atoms with Crippen LogP contribution in [0.4, 0.5) is 5.69 Å². The lowest BCUT2D eigenvalue weighted by molar-refractivity contribution is -0.139. The maximum Gasteiger partial charge on any atom is 0.347 e.